The van der Waals surface area contributed by atoms with Crippen LogP contribution < -0.4 is 49.1 Å². The maximum absolute atomic E-state index is 13.2. The fourth-order valence-corrected chi connectivity index (χ4v) is 8.41. The van der Waals surface area contributed by atoms with Crippen LogP contribution in [-0.2, 0) is 57.5 Å². The molecule has 378 valence electrons. The Balaban J connectivity index is 3.82. The Bertz CT molecular complexity index is 2060. The van der Waals surface area contributed by atoms with Crippen molar-refractivity contribution in [3.63, 3.8) is 0 Å². The number of benzene rings is 1. The average molecular weight is 1030 g/mol. The second-order valence-electron chi connectivity index (χ2n) is 14.0. The first-order chi connectivity index (χ1) is 31.7. The Kier molecular flexibility index (Phi) is 26.1. The minimum Gasteiger partial charge on any atom is -0.507 e. The number of aliphatic carboxylic acids is 6. The van der Waals surface area contributed by atoms with Crippen LogP contribution >= 0.6 is 35.3 Å². The van der Waals surface area contributed by atoms with E-state index in [9.17, 15) is 67.7 Å². The van der Waals surface area contributed by atoms with Gasteiger partial charge in [-0.25, -0.2) is 0 Å². The first-order valence-electron chi connectivity index (χ1n) is 19.5. The zero-order valence-corrected chi connectivity index (χ0v) is 37.9. The van der Waals surface area contributed by atoms with Gasteiger partial charge in [-0.3, -0.25) is 57.5 Å². The van der Waals surface area contributed by atoms with E-state index >= 15 is 0 Å². The Hall–Kier alpha value is -6.61. The quantitative estimate of drug-likeness (QED) is 0.0232. The third-order valence-corrected chi connectivity index (χ3v) is 12.2. The van der Waals surface area contributed by atoms with E-state index in [1.807, 2.05) is 0 Å². The molecule has 0 aliphatic rings. The highest BCUT2D eigenvalue weighted by atomic mass is 32.2. The number of carbonyl (C=O) groups excluding carboxylic acids is 6. The number of phenols is 2. The molecule has 0 spiro atoms. The zero-order valence-electron chi connectivity index (χ0n) is 35.5. The lowest BCUT2D eigenvalue weighted by Gasteiger charge is -2.22. The van der Waals surface area contributed by atoms with Gasteiger partial charge in [0, 0.05) is 36.5 Å². The van der Waals surface area contributed by atoms with Gasteiger partial charge in [0.1, 0.15) is 67.4 Å². The summed E-state index contributed by atoms with van der Waals surface area (Å²) in [5.41, 5.74) is 16.4. The van der Waals surface area contributed by atoms with Gasteiger partial charge in [0.25, 0.3) is 0 Å². The van der Waals surface area contributed by atoms with Crippen LogP contribution in [0.2, 0.25) is 0 Å². The third kappa shape index (κ3) is 22.7. The molecule has 6 atom stereocenters. The number of aromatic hydroxyl groups is 2. The molecule has 1 rings (SSSR count). The molecule has 0 aliphatic heterocycles. The number of amides is 6. The van der Waals surface area contributed by atoms with Gasteiger partial charge < -0.3 is 90.0 Å². The number of phenolic OH excluding ortho intramolecular Hbond substituents is 2. The first kappa shape index (κ1) is 59.4. The van der Waals surface area contributed by atoms with Crippen molar-refractivity contribution in [3.8, 4) is 11.5 Å². The highest BCUT2D eigenvalue weighted by molar-refractivity contribution is 8.02. The number of nitrogens with one attached hydrogen (secondary N) is 6. The van der Waals surface area contributed by atoms with Crippen LogP contribution in [0, 0.1) is 0 Å². The normalized spacial score (nSPS) is 13.5. The van der Waals surface area contributed by atoms with Gasteiger partial charge in [0.15, 0.2) is 0 Å². The molecule has 29 nitrogen and oxygen atoms in total. The van der Waals surface area contributed by atoms with Gasteiger partial charge >= 0.3 is 35.8 Å². The van der Waals surface area contributed by atoms with Gasteiger partial charge in [0.2, 0.25) is 35.4 Å². The summed E-state index contributed by atoms with van der Waals surface area (Å²) in [4.78, 5) is 144. The Morgan fingerprint density at radius 1 is 0.471 bits per heavy atom. The molecule has 32 heteroatoms. The maximum Gasteiger partial charge on any atom is 0.322 e. The number of rotatable bonds is 33. The van der Waals surface area contributed by atoms with Crippen molar-refractivity contribution in [2.75, 3.05) is 36.9 Å². The van der Waals surface area contributed by atoms with Crippen molar-refractivity contribution in [3.05, 3.63) is 6.07 Å². The first-order valence-corrected chi connectivity index (χ1v) is 22.5. The lowest BCUT2D eigenvalue weighted by molar-refractivity contribution is -0.140. The van der Waals surface area contributed by atoms with E-state index < -0.39 is 182 Å². The van der Waals surface area contributed by atoms with Gasteiger partial charge in [0.05, 0.1) is 14.7 Å². The maximum atomic E-state index is 13.2. The molecule has 68 heavy (non-hydrogen) atoms. The topological polar surface area (TPSA) is 517 Å². The predicted octanol–water partition coefficient (Wildman–Crippen LogP) is -4.99. The van der Waals surface area contributed by atoms with Crippen LogP contribution in [0.1, 0.15) is 38.5 Å². The van der Waals surface area contributed by atoms with E-state index in [2.05, 4.69) is 31.9 Å². The molecule has 0 saturated carbocycles. The summed E-state index contributed by atoms with van der Waals surface area (Å²) in [5.74, 6) is -17.9. The molecular formula is C36H51N9O20S3. The molecule has 0 aliphatic carbocycles. The number of carboxylic acids is 6. The van der Waals surface area contributed by atoms with Crippen molar-refractivity contribution in [1.82, 2.24) is 31.9 Å². The van der Waals surface area contributed by atoms with Crippen LogP contribution in [0.25, 0.3) is 0 Å². The van der Waals surface area contributed by atoms with E-state index in [4.69, 9.17) is 47.8 Å². The molecule has 1 aromatic carbocycles. The highest BCUT2D eigenvalue weighted by Crippen LogP contribution is 2.48. The molecule has 0 radical (unpaired) electrons. The number of hydrogen-bond donors (Lipinski definition) is 17. The number of carbonyl (C=O) groups is 12. The molecule has 20 N–H and O–H groups in total. The van der Waals surface area contributed by atoms with E-state index in [-0.39, 0.29) is 27.5 Å². The zero-order chi connectivity index (χ0) is 51.8. The number of hydrogen-bond acceptors (Lipinski definition) is 20. The highest BCUT2D eigenvalue weighted by Gasteiger charge is 2.30. The van der Waals surface area contributed by atoms with Crippen LogP contribution in [0.5, 0.6) is 11.5 Å². The summed E-state index contributed by atoms with van der Waals surface area (Å²) in [6.45, 7) is -2.78. The molecule has 0 aromatic heterocycles. The van der Waals surface area contributed by atoms with Crippen LogP contribution in [-0.4, -0.2) is 185 Å². The average Bonchev–Trinajstić information content (AvgIpc) is 3.26. The van der Waals surface area contributed by atoms with Crippen molar-refractivity contribution >= 4 is 107 Å². The van der Waals surface area contributed by atoms with Crippen molar-refractivity contribution in [1.29, 1.82) is 0 Å². The number of carboxylic acid groups (broad SMARTS) is 6. The van der Waals surface area contributed by atoms with E-state index in [1.165, 1.54) is 0 Å². The Morgan fingerprint density at radius 3 is 1.06 bits per heavy atom. The second-order valence-corrected chi connectivity index (χ2v) is 17.1. The van der Waals surface area contributed by atoms with E-state index in [1.54, 1.807) is 0 Å². The molecular weight excluding hydrogens is 975 g/mol. The summed E-state index contributed by atoms with van der Waals surface area (Å²) in [6, 6.07) is -8.37. The second kappa shape index (κ2) is 29.9. The lowest BCUT2D eigenvalue weighted by atomic mass is 10.1. The largest absolute Gasteiger partial charge is 0.507 e. The lowest BCUT2D eigenvalue weighted by Crippen LogP contribution is -2.49. The summed E-state index contributed by atoms with van der Waals surface area (Å²) in [6.07, 6.45) is -2.73. The minimum absolute atomic E-state index is 0.273. The fourth-order valence-electron chi connectivity index (χ4n) is 4.92. The van der Waals surface area contributed by atoms with Gasteiger partial charge in [-0.05, 0) is 25.3 Å². The molecule has 0 saturated heterocycles. The summed E-state index contributed by atoms with van der Waals surface area (Å²) in [7, 11) is 0. The third-order valence-electron chi connectivity index (χ3n) is 8.54. The fraction of sp³-hybridized carbons (Fsp3) is 0.500. The SMILES string of the molecule is NC(CCC(=O)NC(CSc1cc(O)c(SCC(NC(=O)CCC(N)C(=O)O)C(=O)NCC(=O)O)c(SCC(NC(=O)CCC(N)C(=O)O)C(=O)NCC(=O)O)c1O)C(=O)NCC(=O)O)C(=O)O. The van der Waals surface area contributed by atoms with Crippen molar-refractivity contribution < 1.29 is 98.4 Å². The van der Waals surface area contributed by atoms with Gasteiger partial charge in [-0.2, -0.15) is 0 Å². The monoisotopic (exact) mass is 1030 g/mol. The minimum atomic E-state index is -1.67. The molecule has 0 bridgehead atoms. The standard InChI is InChI=1S/C36H51N9O20S3/c37-14(34(60)61)1-4-22(47)43-17(31(57)40-8-25(50)51)11-66-21-7-20(46)29(67-12-18(32(58)41-9-26(52)53)44-23(48)5-2-15(38)35(62)63)30(28(21)56)68-13-19(33(59)42-10-27(54)55)45-24(49)6-3-16(39)36(64)65/h7,14-19,46,56H,1-6,8-13,37-39H2,(H,40,57)(H,41,58)(H,42,59)(H,43,47)(H,44,48)(H,45,49)(H,50,51)(H,52,53)(H,54,55)(H,60,61)(H,62,63)(H,64,65). The summed E-state index contributed by atoms with van der Waals surface area (Å²) >= 11 is 1.66. The van der Waals surface area contributed by atoms with E-state index in [0.29, 0.717) is 35.3 Å². The predicted molar refractivity (Wildman–Crippen MR) is 234 cm³/mol. The molecule has 1 aromatic rings. The van der Waals surface area contributed by atoms with Gasteiger partial charge in [-0.15, -0.1) is 35.3 Å². The Morgan fingerprint density at radius 2 is 0.765 bits per heavy atom. The van der Waals surface area contributed by atoms with Crippen LogP contribution in [0.4, 0.5) is 0 Å². The summed E-state index contributed by atoms with van der Waals surface area (Å²) in [5, 5.41) is 90.7. The van der Waals surface area contributed by atoms with Gasteiger partial charge in [-0.1, -0.05) is 0 Å². The number of thioether (sulfide) groups is 3. The van der Waals surface area contributed by atoms with Crippen molar-refractivity contribution in [2.24, 2.45) is 17.2 Å². The number of nitrogens with two attached hydrogens (primary N) is 3. The Labute approximate surface area is 396 Å². The molecule has 0 fully saturated rings. The molecule has 0 heterocycles. The molecule has 6 unspecified atom stereocenters. The van der Waals surface area contributed by atoms with E-state index in [0.717, 1.165) is 6.07 Å². The van der Waals surface area contributed by atoms with Crippen molar-refractivity contribution in [2.45, 2.75) is 89.5 Å². The van der Waals surface area contributed by atoms with Crippen LogP contribution in [0.3, 0.4) is 0 Å². The summed E-state index contributed by atoms with van der Waals surface area (Å²) < 4.78 is 0. The molecule has 6 amide bonds. The van der Waals surface area contributed by atoms with Crippen LogP contribution in [0.15, 0.2) is 20.8 Å². The smallest absolute Gasteiger partial charge is 0.322 e.